The fraction of sp³-hybridized carbons (Fsp3) is 0.538. The molecule has 2 rings (SSSR count). The van der Waals surface area contributed by atoms with Gasteiger partial charge in [0, 0.05) is 23.8 Å². The van der Waals surface area contributed by atoms with Crippen LogP contribution in [0.1, 0.15) is 20.8 Å². The van der Waals surface area contributed by atoms with Crippen molar-refractivity contribution >= 4 is 37.9 Å². The van der Waals surface area contributed by atoms with Gasteiger partial charge in [-0.25, -0.2) is 22.9 Å². The summed E-state index contributed by atoms with van der Waals surface area (Å²) in [7, 11) is -3.80. The number of aromatic nitrogens is 1. The van der Waals surface area contributed by atoms with E-state index in [1.807, 2.05) is 0 Å². The lowest BCUT2D eigenvalue weighted by atomic mass is 10.1. The lowest BCUT2D eigenvalue weighted by Gasteiger charge is -2.39. The van der Waals surface area contributed by atoms with E-state index in [4.69, 9.17) is 10.5 Å². The van der Waals surface area contributed by atoms with Crippen LogP contribution < -0.4 is 10.5 Å². The first-order valence-electron chi connectivity index (χ1n) is 6.89. The van der Waals surface area contributed by atoms with Crippen molar-refractivity contribution in [2.24, 2.45) is 0 Å². The molecule has 1 aliphatic heterocycles. The summed E-state index contributed by atoms with van der Waals surface area (Å²) in [6.07, 6.45) is 0.957. The standard InChI is InChI=1S/C13H19BrN4O4S/c1-13(2,3)22-12(19)18-6-9(7-18)17-23(20,21)10-4-8(14)5-16-11(10)15/h4-5,9,17H,6-7H2,1-3H3,(H2,15,16). The van der Waals surface area contributed by atoms with E-state index in [1.165, 1.54) is 17.2 Å². The Kier molecular flexibility index (Phi) is 4.88. The van der Waals surface area contributed by atoms with Crippen LogP contribution >= 0.6 is 15.9 Å². The van der Waals surface area contributed by atoms with Crippen molar-refractivity contribution in [1.82, 2.24) is 14.6 Å². The molecule has 10 heteroatoms. The molecule has 0 atom stereocenters. The van der Waals surface area contributed by atoms with E-state index in [0.29, 0.717) is 4.47 Å². The van der Waals surface area contributed by atoms with Crippen LogP contribution in [0.15, 0.2) is 21.6 Å². The Hall–Kier alpha value is -1.39. The number of sulfonamides is 1. The number of likely N-dealkylation sites (tertiary alicyclic amines) is 1. The predicted molar refractivity (Wildman–Crippen MR) is 88.3 cm³/mol. The van der Waals surface area contributed by atoms with Crippen molar-refractivity contribution in [3.05, 3.63) is 16.7 Å². The minimum absolute atomic E-state index is 0.0796. The fourth-order valence-electron chi connectivity index (χ4n) is 1.96. The first-order chi connectivity index (χ1) is 10.5. The predicted octanol–water partition coefficient (Wildman–Crippen LogP) is 1.32. The number of nitrogens with zero attached hydrogens (tertiary/aromatic N) is 2. The summed E-state index contributed by atoms with van der Waals surface area (Å²) >= 11 is 3.16. The van der Waals surface area contributed by atoms with Gasteiger partial charge >= 0.3 is 6.09 Å². The normalized spacial score (nSPS) is 16.1. The smallest absolute Gasteiger partial charge is 0.410 e. The highest BCUT2D eigenvalue weighted by atomic mass is 79.9. The van der Waals surface area contributed by atoms with Crippen LogP contribution in [0.3, 0.4) is 0 Å². The summed E-state index contributed by atoms with van der Waals surface area (Å²) in [6, 6.07) is 1.00. The van der Waals surface area contributed by atoms with E-state index in [0.717, 1.165) is 0 Å². The number of carbonyl (C=O) groups excluding carboxylic acids is 1. The third-order valence-electron chi connectivity index (χ3n) is 2.99. The number of amides is 1. The van der Waals surface area contributed by atoms with Crippen molar-refractivity contribution < 1.29 is 17.9 Å². The van der Waals surface area contributed by atoms with Gasteiger partial charge in [-0.2, -0.15) is 0 Å². The molecular formula is C13H19BrN4O4S. The monoisotopic (exact) mass is 406 g/mol. The molecule has 0 spiro atoms. The van der Waals surface area contributed by atoms with Gasteiger partial charge in [0.1, 0.15) is 16.3 Å². The average Bonchev–Trinajstić information content (AvgIpc) is 2.34. The Morgan fingerprint density at radius 2 is 2.09 bits per heavy atom. The second kappa shape index (κ2) is 6.25. The van der Waals surface area contributed by atoms with E-state index < -0.39 is 21.7 Å². The first-order valence-corrected chi connectivity index (χ1v) is 9.17. The zero-order valence-electron chi connectivity index (χ0n) is 13.0. The molecule has 8 nitrogen and oxygen atoms in total. The van der Waals surface area contributed by atoms with Gasteiger partial charge in [0.2, 0.25) is 10.0 Å². The average molecular weight is 407 g/mol. The number of halogens is 1. The van der Waals surface area contributed by atoms with Crippen molar-refractivity contribution in [3.8, 4) is 0 Å². The third kappa shape index (κ3) is 4.55. The van der Waals surface area contributed by atoms with Gasteiger partial charge in [0.15, 0.2) is 0 Å². The van der Waals surface area contributed by atoms with Crippen LogP contribution in [0, 0.1) is 0 Å². The zero-order chi connectivity index (χ0) is 17.4. The molecule has 0 unspecified atom stereocenters. The van der Waals surface area contributed by atoms with Crippen LogP contribution in [-0.4, -0.2) is 49.1 Å². The number of nitrogen functional groups attached to an aromatic ring is 1. The molecule has 1 saturated heterocycles. The van der Waals surface area contributed by atoms with E-state index in [2.05, 4.69) is 25.6 Å². The number of ether oxygens (including phenoxy) is 1. The van der Waals surface area contributed by atoms with Gasteiger partial charge in [-0.15, -0.1) is 0 Å². The van der Waals surface area contributed by atoms with Crippen molar-refractivity contribution in [2.75, 3.05) is 18.8 Å². The Bertz CT molecular complexity index is 711. The molecule has 0 aromatic carbocycles. The zero-order valence-corrected chi connectivity index (χ0v) is 15.4. The minimum atomic E-state index is -3.80. The van der Waals surface area contributed by atoms with E-state index in [9.17, 15) is 13.2 Å². The molecule has 23 heavy (non-hydrogen) atoms. The lowest BCUT2D eigenvalue weighted by Crippen LogP contribution is -2.61. The van der Waals surface area contributed by atoms with Crippen molar-refractivity contribution in [3.63, 3.8) is 0 Å². The molecule has 0 saturated carbocycles. The maximum Gasteiger partial charge on any atom is 0.410 e. The second-order valence-corrected chi connectivity index (χ2v) is 8.84. The molecule has 1 aliphatic rings. The van der Waals surface area contributed by atoms with Gasteiger partial charge in [0.25, 0.3) is 0 Å². The van der Waals surface area contributed by atoms with E-state index in [1.54, 1.807) is 20.8 Å². The number of pyridine rings is 1. The fourth-order valence-corrected chi connectivity index (χ4v) is 3.77. The largest absolute Gasteiger partial charge is 0.444 e. The number of nitrogens with two attached hydrogens (primary N) is 1. The van der Waals surface area contributed by atoms with Gasteiger partial charge in [-0.05, 0) is 42.8 Å². The summed E-state index contributed by atoms with van der Waals surface area (Å²) in [5.41, 5.74) is 5.03. The Morgan fingerprint density at radius 3 is 2.65 bits per heavy atom. The molecule has 2 heterocycles. The van der Waals surface area contributed by atoms with Crippen LogP contribution in [0.4, 0.5) is 10.6 Å². The topological polar surface area (TPSA) is 115 Å². The summed E-state index contributed by atoms with van der Waals surface area (Å²) < 4.78 is 32.9. The van der Waals surface area contributed by atoms with Crippen LogP contribution in [0.5, 0.6) is 0 Å². The maximum atomic E-state index is 12.3. The number of hydrogen-bond acceptors (Lipinski definition) is 6. The highest BCUT2D eigenvalue weighted by Gasteiger charge is 2.36. The molecular weight excluding hydrogens is 388 g/mol. The molecule has 1 amide bonds. The molecule has 3 N–H and O–H groups in total. The Morgan fingerprint density at radius 1 is 1.48 bits per heavy atom. The molecule has 1 aromatic rings. The van der Waals surface area contributed by atoms with Gasteiger partial charge in [0.05, 0.1) is 6.04 Å². The number of nitrogens with one attached hydrogen (secondary N) is 1. The summed E-state index contributed by atoms with van der Waals surface area (Å²) in [5.74, 6) is -0.0796. The molecule has 1 aromatic heterocycles. The van der Waals surface area contributed by atoms with Crippen LogP contribution in [-0.2, 0) is 14.8 Å². The molecule has 1 fully saturated rings. The summed E-state index contributed by atoms with van der Waals surface area (Å²) in [4.78, 5) is 17.0. The van der Waals surface area contributed by atoms with Crippen molar-refractivity contribution in [2.45, 2.75) is 37.3 Å². The maximum absolute atomic E-state index is 12.3. The summed E-state index contributed by atoms with van der Waals surface area (Å²) in [5, 5.41) is 0. The molecule has 128 valence electrons. The number of anilines is 1. The lowest BCUT2D eigenvalue weighted by molar-refractivity contribution is 0.00737. The van der Waals surface area contributed by atoms with Crippen LogP contribution in [0.25, 0.3) is 0 Å². The highest BCUT2D eigenvalue weighted by molar-refractivity contribution is 9.10. The van der Waals surface area contributed by atoms with Gasteiger partial charge in [-0.1, -0.05) is 0 Å². The number of rotatable bonds is 3. The van der Waals surface area contributed by atoms with E-state index in [-0.39, 0.29) is 29.8 Å². The van der Waals surface area contributed by atoms with Crippen LogP contribution in [0.2, 0.25) is 0 Å². The molecule has 0 bridgehead atoms. The van der Waals surface area contributed by atoms with E-state index >= 15 is 0 Å². The SMILES string of the molecule is CC(C)(C)OC(=O)N1CC(NS(=O)(=O)c2cc(Br)cnc2N)C1. The second-order valence-electron chi connectivity index (χ2n) is 6.24. The third-order valence-corrected chi connectivity index (χ3v) is 4.98. The Balaban J connectivity index is 1.97. The molecule has 0 radical (unpaired) electrons. The summed E-state index contributed by atoms with van der Waals surface area (Å²) in [6.45, 7) is 5.81. The Labute approximate surface area is 143 Å². The highest BCUT2D eigenvalue weighted by Crippen LogP contribution is 2.22. The first kappa shape index (κ1) is 18.0. The quantitative estimate of drug-likeness (QED) is 0.781. The van der Waals surface area contributed by atoms with Gasteiger partial charge in [-0.3, -0.25) is 0 Å². The van der Waals surface area contributed by atoms with Crippen molar-refractivity contribution in [1.29, 1.82) is 0 Å². The number of hydrogen-bond donors (Lipinski definition) is 2. The number of carbonyl (C=O) groups is 1. The van der Waals surface area contributed by atoms with Gasteiger partial charge < -0.3 is 15.4 Å². The molecule has 0 aliphatic carbocycles. The minimum Gasteiger partial charge on any atom is -0.444 e.